The molecule has 2 atom stereocenters. The largest absolute Gasteiger partial charge is 0.496 e. The SMILES string of the molecule is COc1cccc2[nH]c(C(=O)N3CC4(C5CC5)CC3(C(=O)NC(CC3CCNC3=O)C(=O)CO)C4)cc12. The van der Waals surface area contributed by atoms with E-state index >= 15 is 0 Å². The summed E-state index contributed by atoms with van der Waals surface area (Å²) in [4.78, 5) is 57.2. The van der Waals surface area contributed by atoms with Crippen molar-refractivity contribution in [1.29, 1.82) is 0 Å². The fourth-order valence-corrected chi connectivity index (χ4v) is 6.94. The summed E-state index contributed by atoms with van der Waals surface area (Å²) >= 11 is 0. The maximum atomic E-state index is 13.9. The van der Waals surface area contributed by atoms with Crippen LogP contribution in [0.3, 0.4) is 0 Å². The van der Waals surface area contributed by atoms with E-state index in [-0.39, 0.29) is 29.6 Å². The number of H-pyrrole nitrogens is 1. The molecule has 3 saturated heterocycles. The van der Waals surface area contributed by atoms with Gasteiger partial charge in [-0.25, -0.2) is 0 Å². The molecule has 4 heterocycles. The van der Waals surface area contributed by atoms with Crippen molar-refractivity contribution >= 4 is 34.4 Å². The molecule has 2 unspecified atom stereocenters. The lowest BCUT2D eigenvalue weighted by Gasteiger charge is -2.47. The van der Waals surface area contributed by atoms with Crippen LogP contribution in [0.15, 0.2) is 24.3 Å². The van der Waals surface area contributed by atoms with Gasteiger partial charge in [0.15, 0.2) is 5.78 Å². The van der Waals surface area contributed by atoms with E-state index in [0.717, 1.165) is 23.7 Å². The van der Waals surface area contributed by atoms with Crippen LogP contribution in [0.5, 0.6) is 5.75 Å². The Labute approximate surface area is 214 Å². The van der Waals surface area contributed by atoms with Crippen molar-refractivity contribution in [3.8, 4) is 5.75 Å². The Hall–Kier alpha value is -3.40. The second-order valence-corrected chi connectivity index (χ2v) is 11.2. The lowest BCUT2D eigenvalue weighted by molar-refractivity contribution is -0.140. The van der Waals surface area contributed by atoms with Crippen LogP contribution in [0.2, 0.25) is 0 Å². The van der Waals surface area contributed by atoms with Crippen LogP contribution < -0.4 is 15.4 Å². The number of aromatic amines is 1. The minimum atomic E-state index is -1.05. The molecule has 1 aromatic heterocycles. The topological polar surface area (TPSA) is 141 Å². The molecule has 3 amide bonds. The number of nitrogens with zero attached hydrogens (tertiary/aromatic N) is 1. The summed E-state index contributed by atoms with van der Waals surface area (Å²) in [7, 11) is 1.58. The summed E-state index contributed by atoms with van der Waals surface area (Å²) < 4.78 is 5.44. The molecule has 5 fully saturated rings. The number of nitrogens with one attached hydrogen (secondary N) is 3. The summed E-state index contributed by atoms with van der Waals surface area (Å²) in [6.45, 7) is 0.306. The number of amides is 3. The zero-order valence-electron chi connectivity index (χ0n) is 20.8. The molecule has 196 valence electrons. The van der Waals surface area contributed by atoms with Crippen molar-refractivity contribution in [2.24, 2.45) is 17.3 Å². The van der Waals surface area contributed by atoms with Gasteiger partial charge in [-0.1, -0.05) is 6.07 Å². The van der Waals surface area contributed by atoms with Gasteiger partial charge in [0.25, 0.3) is 5.91 Å². The molecule has 10 heteroatoms. The lowest BCUT2D eigenvalue weighted by atomic mass is 9.59. The number of rotatable bonds is 9. The second kappa shape index (κ2) is 8.58. The quantitative estimate of drug-likeness (QED) is 0.400. The second-order valence-electron chi connectivity index (χ2n) is 11.2. The standard InChI is InChI=1S/C27H32N4O6/c1-37-22-4-2-3-18-17(22)10-20(29-18)24(35)31-14-26(16-5-6-16)12-27(31,13-26)25(36)30-19(21(33)11-32)9-15-7-8-28-23(15)34/h2-4,10,15-16,19,29,32H,5-9,11-14H2,1H3,(H,28,34)(H,30,36). The number of methoxy groups -OCH3 is 1. The number of Topliss-reactive ketones (excluding diaryl/α,β-unsaturated/α-hetero) is 1. The van der Waals surface area contributed by atoms with E-state index in [4.69, 9.17) is 4.74 Å². The molecular formula is C27H32N4O6. The number of carbonyl (C=O) groups is 4. The maximum absolute atomic E-state index is 13.9. The Morgan fingerprint density at radius 3 is 2.68 bits per heavy atom. The number of ketones is 1. The number of hydrogen-bond donors (Lipinski definition) is 4. The zero-order chi connectivity index (χ0) is 25.9. The van der Waals surface area contributed by atoms with Crippen molar-refractivity contribution in [3.63, 3.8) is 0 Å². The lowest BCUT2D eigenvalue weighted by Crippen LogP contribution is -2.63. The van der Waals surface area contributed by atoms with Crippen LogP contribution in [0.4, 0.5) is 0 Å². The monoisotopic (exact) mass is 508 g/mol. The third-order valence-electron chi connectivity index (χ3n) is 9.00. The van der Waals surface area contributed by atoms with Crippen LogP contribution in [0, 0.1) is 17.3 Å². The molecular weight excluding hydrogens is 476 g/mol. The van der Waals surface area contributed by atoms with Crippen molar-refractivity contribution in [2.75, 3.05) is 26.8 Å². The third kappa shape index (κ3) is 3.72. The summed E-state index contributed by atoms with van der Waals surface area (Å²) in [5.74, 6) is -0.551. The molecule has 10 nitrogen and oxygen atoms in total. The predicted molar refractivity (Wildman–Crippen MR) is 133 cm³/mol. The van der Waals surface area contributed by atoms with Crippen LogP contribution in [0.1, 0.15) is 49.0 Å². The fourth-order valence-electron chi connectivity index (χ4n) is 6.94. The molecule has 3 aliphatic heterocycles. The molecule has 7 rings (SSSR count). The third-order valence-corrected chi connectivity index (χ3v) is 9.00. The van der Waals surface area contributed by atoms with E-state index in [1.165, 1.54) is 0 Å². The molecule has 2 aromatic rings. The van der Waals surface area contributed by atoms with Crippen molar-refractivity contribution in [2.45, 2.75) is 50.1 Å². The Morgan fingerprint density at radius 2 is 2.03 bits per heavy atom. The van der Waals surface area contributed by atoms with Crippen molar-refractivity contribution in [1.82, 2.24) is 20.5 Å². The summed E-state index contributed by atoms with van der Waals surface area (Å²) in [6.07, 6.45) is 4.05. The molecule has 2 aliphatic carbocycles. The van der Waals surface area contributed by atoms with Gasteiger partial charge in [-0.3, -0.25) is 19.2 Å². The molecule has 37 heavy (non-hydrogen) atoms. The van der Waals surface area contributed by atoms with E-state index in [1.54, 1.807) is 18.1 Å². The van der Waals surface area contributed by atoms with Crippen LogP contribution in [0.25, 0.3) is 10.9 Å². The fraction of sp³-hybridized carbons (Fsp3) is 0.556. The number of ether oxygens (including phenoxy) is 1. The first-order valence-corrected chi connectivity index (χ1v) is 13.0. The number of aromatic nitrogens is 1. The number of fused-ring (bicyclic) bond motifs is 2. The molecule has 1 aromatic carbocycles. The first-order valence-electron chi connectivity index (χ1n) is 13.0. The summed E-state index contributed by atoms with van der Waals surface area (Å²) in [5.41, 5.74) is 0.0368. The minimum absolute atomic E-state index is 0.0709. The number of aliphatic hydroxyl groups is 1. The molecule has 4 N–H and O–H groups in total. The first-order chi connectivity index (χ1) is 17.8. The minimum Gasteiger partial charge on any atom is -0.496 e. The smallest absolute Gasteiger partial charge is 0.271 e. The number of hydrogen-bond acceptors (Lipinski definition) is 6. The van der Waals surface area contributed by atoms with Gasteiger partial charge in [0.05, 0.1) is 13.2 Å². The van der Waals surface area contributed by atoms with E-state index in [0.29, 0.717) is 49.7 Å². The van der Waals surface area contributed by atoms with Crippen LogP contribution in [-0.2, 0) is 14.4 Å². The summed E-state index contributed by atoms with van der Waals surface area (Å²) in [5, 5.41) is 15.9. The predicted octanol–water partition coefficient (Wildman–Crippen LogP) is 1.13. The Bertz CT molecular complexity index is 1290. The van der Waals surface area contributed by atoms with E-state index in [2.05, 4.69) is 15.6 Å². The van der Waals surface area contributed by atoms with Gasteiger partial charge in [-0.2, -0.15) is 0 Å². The Balaban J connectivity index is 1.28. The number of carbonyl (C=O) groups excluding carboxylic acids is 4. The number of benzene rings is 1. The molecule has 5 aliphatic rings. The van der Waals surface area contributed by atoms with Crippen molar-refractivity contribution < 1.29 is 29.0 Å². The van der Waals surface area contributed by atoms with Crippen molar-refractivity contribution in [3.05, 3.63) is 30.0 Å². The molecule has 0 spiro atoms. The number of aliphatic hydroxyl groups excluding tert-OH is 1. The highest BCUT2D eigenvalue weighted by molar-refractivity contribution is 6.04. The first kappa shape index (κ1) is 24.0. The highest BCUT2D eigenvalue weighted by atomic mass is 16.5. The van der Waals surface area contributed by atoms with Gasteiger partial charge >= 0.3 is 0 Å². The Morgan fingerprint density at radius 1 is 1.24 bits per heavy atom. The van der Waals surface area contributed by atoms with E-state index in [1.807, 2.05) is 18.2 Å². The Kier molecular flexibility index (Phi) is 5.56. The van der Waals surface area contributed by atoms with Gasteiger partial charge in [0.1, 0.15) is 23.6 Å². The van der Waals surface area contributed by atoms with Gasteiger partial charge in [0, 0.05) is 29.9 Å². The molecule has 2 bridgehead atoms. The highest BCUT2D eigenvalue weighted by Gasteiger charge is 2.73. The van der Waals surface area contributed by atoms with Gasteiger partial charge in [0.2, 0.25) is 11.8 Å². The van der Waals surface area contributed by atoms with Crippen LogP contribution in [-0.4, -0.2) is 76.9 Å². The average molecular weight is 509 g/mol. The van der Waals surface area contributed by atoms with E-state index < -0.39 is 29.9 Å². The van der Waals surface area contributed by atoms with Crippen LogP contribution >= 0.6 is 0 Å². The normalized spacial score (nSPS) is 29.1. The maximum Gasteiger partial charge on any atom is 0.271 e. The van der Waals surface area contributed by atoms with Gasteiger partial charge in [-0.15, -0.1) is 0 Å². The molecule has 0 radical (unpaired) electrons. The zero-order valence-corrected chi connectivity index (χ0v) is 20.8. The average Bonchev–Trinajstić information content (AvgIpc) is 3.23. The van der Waals surface area contributed by atoms with Gasteiger partial charge < -0.3 is 30.4 Å². The highest BCUT2D eigenvalue weighted by Crippen LogP contribution is 2.68. The molecule has 2 saturated carbocycles. The summed E-state index contributed by atoms with van der Waals surface area (Å²) in [6, 6.07) is 6.33. The van der Waals surface area contributed by atoms with E-state index in [9.17, 15) is 24.3 Å². The van der Waals surface area contributed by atoms with Gasteiger partial charge in [-0.05, 0) is 68.1 Å².